The van der Waals surface area contributed by atoms with E-state index in [-0.39, 0.29) is 0 Å². The summed E-state index contributed by atoms with van der Waals surface area (Å²) in [5, 5.41) is 4.32. The van der Waals surface area contributed by atoms with Crippen LogP contribution in [-0.4, -0.2) is 24.3 Å². The number of thioether (sulfide) groups is 1. The van der Waals surface area contributed by atoms with Gasteiger partial charge in [-0.3, -0.25) is 0 Å². The van der Waals surface area contributed by atoms with Gasteiger partial charge in [-0.1, -0.05) is 0 Å². The topological polar surface area (TPSA) is 24.9 Å². The molecule has 0 radical (unpaired) electrons. The number of unbranched alkanes of at least 4 members (excludes halogenated alkanes) is 1. The summed E-state index contributed by atoms with van der Waals surface area (Å²) in [6.07, 6.45) is 2.49. The summed E-state index contributed by atoms with van der Waals surface area (Å²) >= 11 is 1.86. The lowest BCUT2D eigenvalue weighted by atomic mass is 10.3. The first-order valence-corrected chi connectivity index (χ1v) is 6.43. The summed E-state index contributed by atoms with van der Waals surface area (Å²) in [5.41, 5.74) is 2.42. The van der Waals surface area contributed by atoms with Crippen LogP contribution >= 0.6 is 11.8 Å². The molecule has 0 aliphatic rings. The van der Waals surface area contributed by atoms with E-state index >= 15 is 0 Å². The highest BCUT2D eigenvalue weighted by molar-refractivity contribution is 7.99. The molecule has 0 bridgehead atoms. The summed E-state index contributed by atoms with van der Waals surface area (Å²) < 4.78 is 0. The van der Waals surface area contributed by atoms with E-state index in [0.717, 1.165) is 23.0 Å². The van der Waals surface area contributed by atoms with Crippen LogP contribution in [0.1, 0.15) is 24.1 Å². The predicted molar refractivity (Wildman–Crippen MR) is 67.6 cm³/mol. The maximum absolute atomic E-state index is 4.50. The van der Waals surface area contributed by atoms with Crippen LogP contribution in [0.25, 0.3) is 0 Å². The molecular weight excluding hydrogens is 204 g/mol. The lowest BCUT2D eigenvalue weighted by Gasteiger charge is -2.03. The molecule has 84 valence electrons. The van der Waals surface area contributed by atoms with Crippen molar-refractivity contribution in [3.63, 3.8) is 0 Å². The second kappa shape index (κ2) is 6.85. The van der Waals surface area contributed by atoms with Crippen LogP contribution in [0.3, 0.4) is 0 Å². The van der Waals surface area contributed by atoms with Gasteiger partial charge < -0.3 is 5.32 Å². The molecule has 0 spiro atoms. The van der Waals surface area contributed by atoms with Crippen molar-refractivity contribution < 1.29 is 0 Å². The van der Waals surface area contributed by atoms with Gasteiger partial charge in [-0.25, -0.2) is 4.98 Å². The Morgan fingerprint density at radius 1 is 1.27 bits per heavy atom. The third kappa shape index (κ3) is 5.19. The van der Waals surface area contributed by atoms with Crippen LogP contribution in [0.15, 0.2) is 17.2 Å². The largest absolute Gasteiger partial charge is 0.320 e. The molecule has 0 saturated heterocycles. The number of aryl methyl sites for hydroxylation is 2. The Balaban J connectivity index is 2.31. The molecule has 0 aromatic carbocycles. The molecule has 1 heterocycles. The van der Waals surface area contributed by atoms with Crippen molar-refractivity contribution in [1.82, 2.24) is 10.3 Å². The van der Waals surface area contributed by atoms with Gasteiger partial charge in [0.25, 0.3) is 0 Å². The Kier molecular flexibility index (Phi) is 5.73. The van der Waals surface area contributed by atoms with Crippen molar-refractivity contribution in [1.29, 1.82) is 0 Å². The molecule has 0 fully saturated rings. The minimum atomic E-state index is 1.11. The second-order valence-corrected chi connectivity index (χ2v) is 4.90. The van der Waals surface area contributed by atoms with E-state index in [4.69, 9.17) is 0 Å². The number of nitrogens with zero attached hydrogens (tertiary/aromatic N) is 1. The Morgan fingerprint density at radius 3 is 2.73 bits per heavy atom. The monoisotopic (exact) mass is 224 g/mol. The van der Waals surface area contributed by atoms with Crippen LogP contribution < -0.4 is 5.32 Å². The molecule has 0 atom stereocenters. The van der Waals surface area contributed by atoms with E-state index in [2.05, 4.69) is 36.3 Å². The quantitative estimate of drug-likeness (QED) is 0.594. The SMILES string of the molecule is CNCCCCSc1cc(C)cc(C)n1. The van der Waals surface area contributed by atoms with Crippen molar-refractivity contribution in [2.24, 2.45) is 0 Å². The van der Waals surface area contributed by atoms with Crippen molar-refractivity contribution in [2.75, 3.05) is 19.3 Å². The average molecular weight is 224 g/mol. The number of hydrogen-bond acceptors (Lipinski definition) is 3. The Bertz CT molecular complexity index is 279. The van der Waals surface area contributed by atoms with Gasteiger partial charge in [-0.2, -0.15) is 0 Å². The molecule has 1 rings (SSSR count). The maximum Gasteiger partial charge on any atom is 0.0965 e. The van der Waals surface area contributed by atoms with E-state index in [1.54, 1.807) is 0 Å². The standard InChI is InChI=1S/C12H20N2S/c1-10-8-11(2)14-12(9-10)15-7-5-4-6-13-3/h8-9,13H,4-7H2,1-3H3. The molecule has 2 nitrogen and oxygen atoms in total. The highest BCUT2D eigenvalue weighted by Crippen LogP contribution is 2.18. The molecule has 1 N–H and O–H groups in total. The number of aromatic nitrogens is 1. The molecule has 3 heteroatoms. The van der Waals surface area contributed by atoms with Crippen LogP contribution in [-0.2, 0) is 0 Å². The van der Waals surface area contributed by atoms with E-state index < -0.39 is 0 Å². The molecule has 1 aromatic rings. The number of pyridine rings is 1. The fraction of sp³-hybridized carbons (Fsp3) is 0.583. The molecule has 1 aromatic heterocycles. The zero-order chi connectivity index (χ0) is 11.1. The van der Waals surface area contributed by atoms with Gasteiger partial charge in [0, 0.05) is 5.69 Å². The minimum absolute atomic E-state index is 1.11. The van der Waals surface area contributed by atoms with Crippen molar-refractivity contribution in [2.45, 2.75) is 31.7 Å². The lowest BCUT2D eigenvalue weighted by Crippen LogP contribution is -2.07. The molecule has 0 aliphatic carbocycles. The summed E-state index contributed by atoms with van der Waals surface area (Å²) in [7, 11) is 2.00. The smallest absolute Gasteiger partial charge is 0.0965 e. The minimum Gasteiger partial charge on any atom is -0.320 e. The van der Waals surface area contributed by atoms with Gasteiger partial charge >= 0.3 is 0 Å². The molecule has 15 heavy (non-hydrogen) atoms. The van der Waals surface area contributed by atoms with Gasteiger partial charge in [-0.05, 0) is 63.7 Å². The van der Waals surface area contributed by atoms with Gasteiger partial charge in [0.15, 0.2) is 0 Å². The highest BCUT2D eigenvalue weighted by atomic mass is 32.2. The van der Waals surface area contributed by atoms with Gasteiger partial charge in [0.1, 0.15) is 0 Å². The number of nitrogens with one attached hydrogen (secondary N) is 1. The first kappa shape index (κ1) is 12.5. The first-order chi connectivity index (χ1) is 7.22. The zero-order valence-electron chi connectivity index (χ0n) is 9.84. The fourth-order valence-corrected chi connectivity index (χ4v) is 2.49. The van der Waals surface area contributed by atoms with Gasteiger partial charge in [0.2, 0.25) is 0 Å². The van der Waals surface area contributed by atoms with Crippen LogP contribution in [0, 0.1) is 13.8 Å². The van der Waals surface area contributed by atoms with E-state index in [1.165, 1.54) is 18.4 Å². The fourth-order valence-electron chi connectivity index (χ4n) is 1.46. The number of rotatable bonds is 6. The Morgan fingerprint density at radius 2 is 2.07 bits per heavy atom. The Hall–Kier alpha value is -0.540. The molecule has 0 aliphatic heterocycles. The van der Waals surface area contributed by atoms with E-state index in [9.17, 15) is 0 Å². The Labute approximate surface area is 96.9 Å². The van der Waals surface area contributed by atoms with Crippen LogP contribution in [0.4, 0.5) is 0 Å². The predicted octanol–water partition coefficient (Wildman–Crippen LogP) is 2.79. The van der Waals surface area contributed by atoms with Crippen LogP contribution in [0.5, 0.6) is 0 Å². The van der Waals surface area contributed by atoms with Gasteiger partial charge in [0.05, 0.1) is 5.03 Å². The first-order valence-electron chi connectivity index (χ1n) is 5.45. The summed E-state index contributed by atoms with van der Waals surface area (Å²) in [6.45, 7) is 5.29. The van der Waals surface area contributed by atoms with Crippen molar-refractivity contribution >= 4 is 11.8 Å². The molecular formula is C12H20N2S. The molecule has 0 saturated carbocycles. The molecule has 0 amide bonds. The summed E-state index contributed by atoms with van der Waals surface area (Å²) in [4.78, 5) is 4.50. The van der Waals surface area contributed by atoms with Crippen LogP contribution in [0.2, 0.25) is 0 Å². The highest BCUT2D eigenvalue weighted by Gasteiger charge is 1.98. The van der Waals surface area contributed by atoms with Gasteiger partial charge in [-0.15, -0.1) is 11.8 Å². The normalized spacial score (nSPS) is 10.6. The third-order valence-electron chi connectivity index (χ3n) is 2.15. The van der Waals surface area contributed by atoms with E-state index in [1.807, 2.05) is 18.8 Å². The number of hydrogen-bond donors (Lipinski definition) is 1. The summed E-state index contributed by atoms with van der Waals surface area (Å²) in [6, 6.07) is 4.28. The van der Waals surface area contributed by atoms with Crippen molar-refractivity contribution in [3.05, 3.63) is 23.4 Å². The lowest BCUT2D eigenvalue weighted by molar-refractivity contribution is 0.714. The third-order valence-corrected chi connectivity index (χ3v) is 3.14. The van der Waals surface area contributed by atoms with E-state index in [0.29, 0.717) is 0 Å². The van der Waals surface area contributed by atoms with Crippen molar-refractivity contribution in [3.8, 4) is 0 Å². The molecule has 0 unspecified atom stereocenters. The summed E-state index contributed by atoms with van der Waals surface area (Å²) in [5.74, 6) is 1.16. The average Bonchev–Trinajstić information content (AvgIpc) is 2.16. The zero-order valence-corrected chi connectivity index (χ0v) is 10.7. The maximum atomic E-state index is 4.50. The second-order valence-electron chi connectivity index (χ2n) is 3.78.